The molecule has 0 saturated carbocycles. The second-order valence-electron chi connectivity index (χ2n) is 9.58. The first-order valence-corrected chi connectivity index (χ1v) is 15.8. The molecule has 31 heavy (non-hydrogen) atoms. The molecule has 0 aliphatic heterocycles. The van der Waals surface area contributed by atoms with Gasteiger partial charge in [-0.3, -0.25) is 0 Å². The maximum Gasteiger partial charge on any atom is -0.00979 e. The van der Waals surface area contributed by atoms with Crippen LogP contribution in [0.25, 0.3) is 0 Å². The average molecular weight is 475 g/mol. The lowest BCUT2D eigenvalue weighted by Crippen LogP contribution is -1.83. The molecule has 0 radical (unpaired) electrons. The lowest BCUT2D eigenvalue weighted by molar-refractivity contribution is 0.543. The van der Waals surface area contributed by atoms with Gasteiger partial charge in [0.15, 0.2) is 0 Å². The minimum Gasteiger partial charge on any atom is -0.179 e. The SMILES string of the molecule is CCCCCCCCCCCCCCCS.CCCCCCCCCCCCCCS. The summed E-state index contributed by atoms with van der Waals surface area (Å²) < 4.78 is 0. The van der Waals surface area contributed by atoms with Gasteiger partial charge in [-0.25, -0.2) is 0 Å². The normalized spacial score (nSPS) is 10.8. The van der Waals surface area contributed by atoms with E-state index in [9.17, 15) is 0 Å². The maximum absolute atomic E-state index is 4.23. The lowest BCUT2D eigenvalue weighted by Gasteiger charge is -2.02. The van der Waals surface area contributed by atoms with Gasteiger partial charge < -0.3 is 0 Å². The zero-order valence-electron chi connectivity index (χ0n) is 22.0. The van der Waals surface area contributed by atoms with Crippen LogP contribution in [0.3, 0.4) is 0 Å². The van der Waals surface area contributed by atoms with Gasteiger partial charge in [0.2, 0.25) is 0 Å². The third-order valence-electron chi connectivity index (χ3n) is 6.27. The second kappa shape index (κ2) is 35.3. The summed E-state index contributed by atoms with van der Waals surface area (Å²) in [6.45, 7) is 4.57. The third-order valence-corrected chi connectivity index (χ3v) is 6.91. The Morgan fingerprint density at radius 1 is 0.258 bits per heavy atom. The summed E-state index contributed by atoms with van der Waals surface area (Å²) in [4.78, 5) is 0. The van der Waals surface area contributed by atoms with Crippen molar-refractivity contribution in [2.75, 3.05) is 11.5 Å². The average Bonchev–Trinajstić information content (AvgIpc) is 2.79. The fourth-order valence-corrected chi connectivity index (χ4v) is 4.53. The molecule has 0 aromatic carbocycles. The smallest absolute Gasteiger partial charge is 0.00979 e. The number of hydrogen-bond donors (Lipinski definition) is 2. The predicted molar refractivity (Wildman–Crippen MR) is 154 cm³/mol. The van der Waals surface area contributed by atoms with Gasteiger partial charge in [-0.1, -0.05) is 162 Å². The Labute approximate surface area is 210 Å². The standard InChI is InChI=1S/C15H32S.C14H30S/c1-2-3-4-5-6-7-8-9-10-11-12-13-14-15-16;1-2-3-4-5-6-7-8-9-10-11-12-13-14-15/h16H,2-15H2,1H3;15H,2-14H2,1H3. The van der Waals surface area contributed by atoms with Crippen molar-refractivity contribution >= 4 is 25.3 Å². The number of hydrogen-bond acceptors (Lipinski definition) is 2. The summed E-state index contributed by atoms with van der Waals surface area (Å²) in [6.07, 6.45) is 35.8. The fourth-order valence-electron chi connectivity index (χ4n) is 4.08. The van der Waals surface area contributed by atoms with Crippen LogP contribution < -0.4 is 0 Å². The van der Waals surface area contributed by atoms with Crippen LogP contribution in [0, 0.1) is 0 Å². The molecule has 0 N–H and O–H groups in total. The van der Waals surface area contributed by atoms with E-state index >= 15 is 0 Å². The summed E-state index contributed by atoms with van der Waals surface area (Å²) in [5.74, 6) is 2.13. The molecule has 0 saturated heterocycles. The van der Waals surface area contributed by atoms with Crippen LogP contribution in [0.1, 0.15) is 174 Å². The van der Waals surface area contributed by atoms with Crippen LogP contribution in [0.4, 0.5) is 0 Å². The lowest BCUT2D eigenvalue weighted by atomic mass is 10.1. The molecule has 0 spiro atoms. The zero-order chi connectivity index (χ0) is 23.1. The molecule has 0 amide bonds. The highest BCUT2D eigenvalue weighted by Gasteiger charge is 1.94. The van der Waals surface area contributed by atoms with E-state index < -0.39 is 0 Å². The molecule has 0 rings (SSSR count). The van der Waals surface area contributed by atoms with Crippen LogP contribution in [-0.2, 0) is 0 Å². The first-order valence-electron chi connectivity index (χ1n) is 14.5. The molecule has 190 valence electrons. The van der Waals surface area contributed by atoms with Crippen molar-refractivity contribution in [1.29, 1.82) is 0 Å². The first kappa shape index (κ1) is 33.9. The van der Waals surface area contributed by atoms with Crippen molar-refractivity contribution in [2.45, 2.75) is 174 Å². The van der Waals surface area contributed by atoms with E-state index in [0.717, 1.165) is 11.5 Å². The Balaban J connectivity index is 0. The van der Waals surface area contributed by atoms with Crippen molar-refractivity contribution in [3.63, 3.8) is 0 Å². The van der Waals surface area contributed by atoms with Crippen molar-refractivity contribution in [2.24, 2.45) is 0 Å². The molecule has 0 aliphatic carbocycles. The monoisotopic (exact) mass is 474 g/mol. The summed E-state index contributed by atoms with van der Waals surface area (Å²) in [6, 6.07) is 0. The van der Waals surface area contributed by atoms with Crippen LogP contribution >= 0.6 is 25.3 Å². The maximum atomic E-state index is 4.23. The van der Waals surface area contributed by atoms with Gasteiger partial charge in [0.05, 0.1) is 0 Å². The molecular formula is C29H62S2. The molecule has 0 nitrogen and oxygen atoms in total. The van der Waals surface area contributed by atoms with Crippen LogP contribution in [0.2, 0.25) is 0 Å². The Bertz CT molecular complexity index is 241. The van der Waals surface area contributed by atoms with Crippen LogP contribution in [0.15, 0.2) is 0 Å². The molecule has 0 aromatic rings. The quantitative estimate of drug-likeness (QED) is 0.0953. The minimum atomic E-state index is 1.07. The van der Waals surface area contributed by atoms with E-state index in [1.165, 1.54) is 161 Å². The van der Waals surface area contributed by atoms with Gasteiger partial charge in [-0.15, -0.1) is 0 Å². The van der Waals surface area contributed by atoms with Crippen molar-refractivity contribution in [3.8, 4) is 0 Å². The first-order chi connectivity index (χ1) is 15.3. The highest BCUT2D eigenvalue weighted by Crippen LogP contribution is 2.13. The van der Waals surface area contributed by atoms with Gasteiger partial charge in [-0.2, -0.15) is 25.3 Å². The molecule has 2 heteroatoms. The molecular weight excluding hydrogens is 412 g/mol. The Morgan fingerprint density at radius 2 is 0.419 bits per heavy atom. The van der Waals surface area contributed by atoms with E-state index in [1.54, 1.807) is 0 Å². The van der Waals surface area contributed by atoms with Gasteiger partial charge in [-0.05, 0) is 24.3 Å². The summed E-state index contributed by atoms with van der Waals surface area (Å²) in [5, 5.41) is 0. The summed E-state index contributed by atoms with van der Waals surface area (Å²) in [7, 11) is 0. The molecule has 0 aliphatic rings. The van der Waals surface area contributed by atoms with Crippen LogP contribution in [0.5, 0.6) is 0 Å². The Morgan fingerprint density at radius 3 is 0.581 bits per heavy atom. The molecule has 0 unspecified atom stereocenters. The van der Waals surface area contributed by atoms with Crippen molar-refractivity contribution < 1.29 is 0 Å². The molecule has 0 bridgehead atoms. The van der Waals surface area contributed by atoms with E-state index in [4.69, 9.17) is 0 Å². The number of unbranched alkanes of at least 4 members (excludes halogenated alkanes) is 23. The van der Waals surface area contributed by atoms with Gasteiger partial charge in [0.1, 0.15) is 0 Å². The highest BCUT2D eigenvalue weighted by molar-refractivity contribution is 7.80. The molecule has 0 aromatic heterocycles. The van der Waals surface area contributed by atoms with Crippen LogP contribution in [-0.4, -0.2) is 11.5 Å². The highest BCUT2D eigenvalue weighted by atomic mass is 32.1. The molecule has 0 atom stereocenters. The zero-order valence-corrected chi connectivity index (χ0v) is 23.8. The van der Waals surface area contributed by atoms with Gasteiger partial charge in [0.25, 0.3) is 0 Å². The minimum absolute atomic E-state index is 1.07. The van der Waals surface area contributed by atoms with Crippen molar-refractivity contribution in [1.82, 2.24) is 0 Å². The predicted octanol–water partition coefficient (Wildman–Crippen LogP) is 11.6. The van der Waals surface area contributed by atoms with Gasteiger partial charge >= 0.3 is 0 Å². The Kier molecular flexibility index (Phi) is 38.6. The fraction of sp³-hybridized carbons (Fsp3) is 1.00. The van der Waals surface area contributed by atoms with E-state index in [2.05, 4.69) is 39.1 Å². The van der Waals surface area contributed by atoms with E-state index in [0.29, 0.717) is 0 Å². The van der Waals surface area contributed by atoms with Gasteiger partial charge in [0, 0.05) is 0 Å². The number of rotatable bonds is 25. The molecule has 0 fully saturated rings. The third kappa shape index (κ3) is 38.3. The number of thiol groups is 2. The molecule has 0 heterocycles. The Hall–Kier alpha value is 0.700. The van der Waals surface area contributed by atoms with Crippen molar-refractivity contribution in [3.05, 3.63) is 0 Å². The topological polar surface area (TPSA) is 0 Å². The largest absolute Gasteiger partial charge is 0.179 e. The van der Waals surface area contributed by atoms with E-state index in [1.807, 2.05) is 0 Å². The second-order valence-corrected chi connectivity index (χ2v) is 10.5. The van der Waals surface area contributed by atoms with E-state index in [-0.39, 0.29) is 0 Å². The summed E-state index contributed by atoms with van der Waals surface area (Å²) >= 11 is 8.45. The summed E-state index contributed by atoms with van der Waals surface area (Å²) in [5.41, 5.74) is 0.